The molecule has 0 saturated carbocycles. The minimum absolute atomic E-state index is 0.152. The summed E-state index contributed by atoms with van der Waals surface area (Å²) < 4.78 is 5.30. The Kier molecular flexibility index (Phi) is 6.62. The second-order valence-corrected chi connectivity index (χ2v) is 7.75. The molecule has 0 spiro atoms. The molecular weight excluding hydrogens is 352 g/mol. The molecule has 1 atom stereocenters. The number of likely N-dealkylation sites (tertiary alicyclic amines) is 1. The highest BCUT2D eigenvalue weighted by Crippen LogP contribution is 2.29. The van der Waals surface area contributed by atoms with Crippen molar-refractivity contribution >= 4 is 23.2 Å². The fraction of sp³-hybridized carbons (Fsp3) is 0.632. The van der Waals surface area contributed by atoms with Crippen molar-refractivity contribution in [3.63, 3.8) is 0 Å². The maximum atomic E-state index is 12.7. The first-order chi connectivity index (χ1) is 12.6. The van der Waals surface area contributed by atoms with E-state index in [9.17, 15) is 4.79 Å². The minimum Gasteiger partial charge on any atom is -0.496 e. The molecule has 0 bridgehead atoms. The van der Waals surface area contributed by atoms with Crippen molar-refractivity contribution in [2.75, 3.05) is 45.6 Å². The maximum absolute atomic E-state index is 12.7. The molecule has 0 aliphatic carbocycles. The molecule has 2 heterocycles. The number of carbonyl (C=O) groups excluding carboxylic acids is 1. The maximum Gasteiger partial charge on any atom is 0.255 e. The molecular formula is C19H29ClN4O2. The summed E-state index contributed by atoms with van der Waals surface area (Å²) in [6.07, 6.45) is 4.60. The summed E-state index contributed by atoms with van der Waals surface area (Å²) >= 11 is 6.09. The fourth-order valence-corrected chi connectivity index (χ4v) is 4.11. The van der Waals surface area contributed by atoms with E-state index < -0.39 is 0 Å². The van der Waals surface area contributed by atoms with E-state index in [2.05, 4.69) is 15.5 Å². The predicted octanol–water partition coefficient (Wildman–Crippen LogP) is 2.12. The van der Waals surface area contributed by atoms with Gasteiger partial charge < -0.3 is 26.0 Å². The van der Waals surface area contributed by atoms with Gasteiger partial charge in [-0.15, -0.1) is 0 Å². The lowest BCUT2D eigenvalue weighted by molar-refractivity contribution is 0.0888. The molecule has 2 aliphatic rings. The van der Waals surface area contributed by atoms with Crippen molar-refractivity contribution in [1.82, 2.24) is 15.5 Å². The van der Waals surface area contributed by atoms with Gasteiger partial charge in [0.2, 0.25) is 0 Å². The van der Waals surface area contributed by atoms with Crippen LogP contribution in [-0.4, -0.2) is 56.7 Å². The highest BCUT2D eigenvalue weighted by Gasteiger charge is 2.25. The Labute approximate surface area is 160 Å². The Hall–Kier alpha value is -1.50. The first-order valence-electron chi connectivity index (χ1n) is 9.43. The van der Waals surface area contributed by atoms with Crippen LogP contribution in [0.15, 0.2) is 12.1 Å². The van der Waals surface area contributed by atoms with E-state index in [1.54, 1.807) is 12.1 Å². The van der Waals surface area contributed by atoms with Gasteiger partial charge >= 0.3 is 0 Å². The molecule has 1 unspecified atom stereocenters. The highest BCUT2D eigenvalue weighted by atomic mass is 35.5. The van der Waals surface area contributed by atoms with E-state index in [0.29, 0.717) is 22.0 Å². The minimum atomic E-state index is -0.155. The summed E-state index contributed by atoms with van der Waals surface area (Å²) in [5, 5.41) is 6.94. The Bertz CT molecular complexity index is 634. The second-order valence-electron chi connectivity index (χ2n) is 7.34. The zero-order valence-electron chi connectivity index (χ0n) is 15.4. The number of hydrogen-bond donors (Lipinski definition) is 3. The molecule has 6 nitrogen and oxygen atoms in total. The third kappa shape index (κ3) is 4.81. The summed E-state index contributed by atoms with van der Waals surface area (Å²) in [5.41, 5.74) is 6.64. The molecule has 0 aromatic heterocycles. The molecule has 2 fully saturated rings. The summed E-state index contributed by atoms with van der Waals surface area (Å²) in [4.78, 5) is 15.2. The van der Waals surface area contributed by atoms with E-state index in [1.807, 2.05) is 0 Å². The first kappa shape index (κ1) is 19.3. The van der Waals surface area contributed by atoms with Crippen LogP contribution in [0.25, 0.3) is 0 Å². The Morgan fingerprint density at radius 3 is 2.88 bits per heavy atom. The Balaban J connectivity index is 1.59. The number of hydrogen-bond acceptors (Lipinski definition) is 5. The molecule has 1 aromatic carbocycles. The van der Waals surface area contributed by atoms with Gasteiger partial charge in [0.05, 0.1) is 23.4 Å². The van der Waals surface area contributed by atoms with Crippen molar-refractivity contribution in [2.24, 2.45) is 5.92 Å². The largest absolute Gasteiger partial charge is 0.496 e. The predicted molar refractivity (Wildman–Crippen MR) is 105 cm³/mol. The lowest BCUT2D eigenvalue weighted by Gasteiger charge is -2.36. The molecule has 26 heavy (non-hydrogen) atoms. The number of nitrogens with two attached hydrogens (primary N) is 1. The molecule has 7 heteroatoms. The van der Waals surface area contributed by atoms with Gasteiger partial charge in [0.15, 0.2) is 0 Å². The average molecular weight is 381 g/mol. The number of methoxy groups -OCH3 is 1. The van der Waals surface area contributed by atoms with Crippen LogP contribution in [0.3, 0.4) is 0 Å². The fourth-order valence-electron chi connectivity index (χ4n) is 3.95. The zero-order valence-corrected chi connectivity index (χ0v) is 16.1. The smallest absolute Gasteiger partial charge is 0.255 e. The normalized spacial score (nSPS) is 22.2. The molecule has 1 aromatic rings. The average Bonchev–Trinajstić information content (AvgIpc) is 2.64. The van der Waals surface area contributed by atoms with Gasteiger partial charge in [-0.25, -0.2) is 0 Å². The standard InChI is InChI=1S/C19H29ClN4O2/c1-26-18-10-17(21)16(20)9-15(18)19(25)23-14-3-2-8-24(12-14)11-13-4-6-22-7-5-13/h9-10,13-14,22H,2-8,11-12,21H2,1H3,(H,23,25). The van der Waals surface area contributed by atoms with Crippen LogP contribution in [0.4, 0.5) is 5.69 Å². The SMILES string of the molecule is COc1cc(N)c(Cl)cc1C(=O)NC1CCCN(CC2CCNCC2)C1. The summed E-state index contributed by atoms with van der Waals surface area (Å²) in [6.45, 7) is 5.39. The van der Waals surface area contributed by atoms with E-state index in [-0.39, 0.29) is 11.9 Å². The Morgan fingerprint density at radius 2 is 2.15 bits per heavy atom. The molecule has 144 valence electrons. The number of nitrogen functional groups attached to an aromatic ring is 1. The number of anilines is 1. The number of benzene rings is 1. The monoisotopic (exact) mass is 380 g/mol. The van der Waals surface area contributed by atoms with Gasteiger partial charge in [0.1, 0.15) is 5.75 Å². The molecule has 3 rings (SSSR count). The lowest BCUT2D eigenvalue weighted by Crippen LogP contribution is -2.49. The van der Waals surface area contributed by atoms with Crippen molar-refractivity contribution in [3.05, 3.63) is 22.7 Å². The molecule has 0 radical (unpaired) electrons. The van der Waals surface area contributed by atoms with Crippen LogP contribution < -0.4 is 21.1 Å². The van der Waals surface area contributed by atoms with Crippen LogP contribution in [0, 0.1) is 5.92 Å². The van der Waals surface area contributed by atoms with Gasteiger partial charge in [-0.2, -0.15) is 0 Å². The van der Waals surface area contributed by atoms with Crippen LogP contribution in [-0.2, 0) is 0 Å². The second kappa shape index (κ2) is 8.93. The quantitative estimate of drug-likeness (QED) is 0.682. The lowest BCUT2D eigenvalue weighted by atomic mass is 9.96. The van der Waals surface area contributed by atoms with E-state index in [0.717, 1.165) is 51.5 Å². The van der Waals surface area contributed by atoms with Gasteiger partial charge in [0, 0.05) is 25.2 Å². The molecule has 4 N–H and O–H groups in total. The number of carbonyl (C=O) groups is 1. The zero-order chi connectivity index (χ0) is 18.5. The van der Waals surface area contributed by atoms with E-state index in [4.69, 9.17) is 22.1 Å². The van der Waals surface area contributed by atoms with Crippen molar-refractivity contribution in [2.45, 2.75) is 31.7 Å². The number of rotatable bonds is 5. The van der Waals surface area contributed by atoms with Crippen molar-refractivity contribution < 1.29 is 9.53 Å². The highest BCUT2D eigenvalue weighted by molar-refractivity contribution is 6.33. The third-order valence-corrected chi connectivity index (χ3v) is 5.71. The number of piperidine rings is 2. The van der Waals surface area contributed by atoms with Gasteiger partial charge in [0.25, 0.3) is 5.91 Å². The third-order valence-electron chi connectivity index (χ3n) is 5.38. The van der Waals surface area contributed by atoms with Crippen molar-refractivity contribution in [1.29, 1.82) is 0 Å². The first-order valence-corrected chi connectivity index (χ1v) is 9.81. The van der Waals surface area contributed by atoms with Crippen LogP contribution in [0.5, 0.6) is 5.75 Å². The van der Waals surface area contributed by atoms with Gasteiger partial charge in [-0.1, -0.05) is 11.6 Å². The number of ether oxygens (including phenoxy) is 1. The summed E-state index contributed by atoms with van der Waals surface area (Å²) in [7, 11) is 1.53. The Morgan fingerprint density at radius 1 is 1.38 bits per heavy atom. The number of nitrogens with zero attached hydrogens (tertiary/aromatic N) is 1. The molecule has 1 amide bonds. The van der Waals surface area contributed by atoms with Crippen LogP contribution in [0.2, 0.25) is 5.02 Å². The molecule has 2 aliphatic heterocycles. The van der Waals surface area contributed by atoms with E-state index in [1.165, 1.54) is 20.0 Å². The number of nitrogens with one attached hydrogen (secondary N) is 2. The van der Waals surface area contributed by atoms with Gasteiger partial charge in [-0.05, 0) is 57.3 Å². The number of halogens is 1. The van der Waals surface area contributed by atoms with Crippen LogP contribution >= 0.6 is 11.6 Å². The van der Waals surface area contributed by atoms with Crippen LogP contribution in [0.1, 0.15) is 36.0 Å². The summed E-state index contributed by atoms with van der Waals surface area (Å²) in [5.74, 6) is 1.06. The van der Waals surface area contributed by atoms with E-state index >= 15 is 0 Å². The van der Waals surface area contributed by atoms with Crippen molar-refractivity contribution in [3.8, 4) is 5.75 Å². The molecule has 2 saturated heterocycles. The topological polar surface area (TPSA) is 79.6 Å². The van der Waals surface area contributed by atoms with Gasteiger partial charge in [-0.3, -0.25) is 4.79 Å². The number of amides is 1. The summed E-state index contributed by atoms with van der Waals surface area (Å²) in [6, 6.07) is 3.33.